The quantitative estimate of drug-likeness (QED) is 0.869. The van der Waals surface area contributed by atoms with E-state index in [-0.39, 0.29) is 0 Å². The number of hydrogen-bond acceptors (Lipinski definition) is 3. The molecule has 18 heavy (non-hydrogen) atoms. The molecule has 1 saturated carbocycles. The standard InChI is InChI=1S/C15H13N3/c16-8-10-2-1-3-11(6-10)15-5-4-12(9-18-15)13-7-14(13)17/h1-6,9,13-14H,7,17H2. The Balaban J connectivity index is 1.90. The molecule has 2 unspecified atom stereocenters. The van der Waals surface area contributed by atoms with Crippen molar-refractivity contribution < 1.29 is 0 Å². The van der Waals surface area contributed by atoms with E-state index in [1.807, 2.05) is 30.5 Å². The van der Waals surface area contributed by atoms with Gasteiger partial charge in [0.2, 0.25) is 0 Å². The molecular formula is C15H13N3. The normalized spacial score (nSPS) is 21.3. The fourth-order valence-corrected chi connectivity index (χ4v) is 2.14. The molecule has 1 heterocycles. The first kappa shape index (κ1) is 10.9. The van der Waals surface area contributed by atoms with Crippen molar-refractivity contribution in [2.45, 2.75) is 18.4 Å². The molecule has 1 aromatic carbocycles. The highest BCUT2D eigenvalue weighted by Crippen LogP contribution is 2.38. The average Bonchev–Trinajstić information content (AvgIpc) is 3.16. The summed E-state index contributed by atoms with van der Waals surface area (Å²) >= 11 is 0. The Morgan fingerprint density at radius 1 is 1.28 bits per heavy atom. The van der Waals surface area contributed by atoms with E-state index in [9.17, 15) is 0 Å². The van der Waals surface area contributed by atoms with Gasteiger partial charge in [-0.1, -0.05) is 18.2 Å². The van der Waals surface area contributed by atoms with Gasteiger partial charge in [-0.2, -0.15) is 5.26 Å². The fraction of sp³-hybridized carbons (Fsp3) is 0.200. The average molecular weight is 235 g/mol. The molecule has 2 N–H and O–H groups in total. The third-order valence-corrected chi connectivity index (χ3v) is 3.34. The van der Waals surface area contributed by atoms with Crippen molar-refractivity contribution in [1.29, 1.82) is 5.26 Å². The van der Waals surface area contributed by atoms with Gasteiger partial charge in [0.25, 0.3) is 0 Å². The second-order valence-corrected chi connectivity index (χ2v) is 4.68. The molecule has 2 aromatic rings. The van der Waals surface area contributed by atoms with E-state index in [2.05, 4.69) is 17.1 Å². The van der Waals surface area contributed by atoms with Gasteiger partial charge in [0.1, 0.15) is 0 Å². The number of rotatable bonds is 2. The number of nitrogens with zero attached hydrogens (tertiary/aromatic N) is 2. The van der Waals surface area contributed by atoms with Crippen LogP contribution in [0.3, 0.4) is 0 Å². The van der Waals surface area contributed by atoms with Gasteiger partial charge >= 0.3 is 0 Å². The predicted molar refractivity (Wildman–Crippen MR) is 69.7 cm³/mol. The molecule has 0 saturated heterocycles. The highest BCUT2D eigenvalue weighted by molar-refractivity contribution is 5.61. The van der Waals surface area contributed by atoms with Crippen molar-refractivity contribution >= 4 is 0 Å². The van der Waals surface area contributed by atoms with Crippen LogP contribution in [-0.2, 0) is 0 Å². The lowest BCUT2D eigenvalue weighted by Crippen LogP contribution is -2.01. The monoisotopic (exact) mass is 235 g/mol. The SMILES string of the molecule is N#Cc1cccc(-c2ccc(C3CC3N)cn2)c1. The Kier molecular flexibility index (Phi) is 2.58. The van der Waals surface area contributed by atoms with Crippen LogP contribution >= 0.6 is 0 Å². The summed E-state index contributed by atoms with van der Waals surface area (Å²) in [4.78, 5) is 4.46. The summed E-state index contributed by atoms with van der Waals surface area (Å²) in [6.07, 6.45) is 2.96. The van der Waals surface area contributed by atoms with E-state index >= 15 is 0 Å². The van der Waals surface area contributed by atoms with Crippen LogP contribution in [0.2, 0.25) is 0 Å². The third-order valence-electron chi connectivity index (χ3n) is 3.34. The molecule has 3 heteroatoms. The molecule has 3 rings (SSSR count). The number of aromatic nitrogens is 1. The Morgan fingerprint density at radius 2 is 2.11 bits per heavy atom. The van der Waals surface area contributed by atoms with Crippen molar-refractivity contribution in [3.05, 3.63) is 53.7 Å². The number of benzene rings is 1. The van der Waals surface area contributed by atoms with Crippen LogP contribution in [-0.4, -0.2) is 11.0 Å². The lowest BCUT2D eigenvalue weighted by Gasteiger charge is -2.03. The zero-order chi connectivity index (χ0) is 12.5. The van der Waals surface area contributed by atoms with Crippen molar-refractivity contribution in [2.24, 2.45) is 5.73 Å². The largest absolute Gasteiger partial charge is 0.327 e. The third kappa shape index (κ3) is 1.99. The van der Waals surface area contributed by atoms with E-state index < -0.39 is 0 Å². The Hall–Kier alpha value is -2.18. The maximum absolute atomic E-state index is 8.88. The van der Waals surface area contributed by atoms with Crippen LogP contribution in [0.4, 0.5) is 0 Å². The molecule has 0 spiro atoms. The summed E-state index contributed by atoms with van der Waals surface area (Å²) in [5, 5.41) is 8.88. The van der Waals surface area contributed by atoms with Crippen LogP contribution in [0.5, 0.6) is 0 Å². The first-order valence-corrected chi connectivity index (χ1v) is 6.00. The Morgan fingerprint density at radius 3 is 2.72 bits per heavy atom. The zero-order valence-corrected chi connectivity index (χ0v) is 9.88. The fourth-order valence-electron chi connectivity index (χ4n) is 2.14. The molecular weight excluding hydrogens is 222 g/mol. The number of nitriles is 1. The lowest BCUT2D eigenvalue weighted by molar-refractivity contribution is 0.981. The zero-order valence-electron chi connectivity index (χ0n) is 9.88. The molecule has 0 bridgehead atoms. The Labute approximate surface area is 106 Å². The van der Waals surface area contributed by atoms with Crippen molar-refractivity contribution in [3.63, 3.8) is 0 Å². The maximum atomic E-state index is 8.88. The molecule has 1 aromatic heterocycles. The van der Waals surface area contributed by atoms with Crippen LogP contribution in [0.1, 0.15) is 23.5 Å². The van der Waals surface area contributed by atoms with E-state index in [0.29, 0.717) is 17.5 Å². The molecule has 0 amide bonds. The molecule has 2 atom stereocenters. The minimum Gasteiger partial charge on any atom is -0.327 e. The highest BCUT2D eigenvalue weighted by atomic mass is 14.8. The van der Waals surface area contributed by atoms with Gasteiger partial charge in [-0.25, -0.2) is 0 Å². The van der Waals surface area contributed by atoms with Crippen LogP contribution in [0, 0.1) is 11.3 Å². The van der Waals surface area contributed by atoms with Gasteiger partial charge in [-0.05, 0) is 30.2 Å². The Bertz CT molecular complexity index is 610. The van der Waals surface area contributed by atoms with Gasteiger partial charge in [0.05, 0.1) is 17.3 Å². The summed E-state index contributed by atoms with van der Waals surface area (Å²) in [6, 6.07) is 14.0. The first-order chi connectivity index (χ1) is 8.78. The summed E-state index contributed by atoms with van der Waals surface area (Å²) in [5.74, 6) is 0.483. The van der Waals surface area contributed by atoms with Crippen molar-refractivity contribution in [1.82, 2.24) is 4.98 Å². The van der Waals surface area contributed by atoms with Gasteiger partial charge in [0, 0.05) is 23.7 Å². The second-order valence-electron chi connectivity index (χ2n) is 4.68. The topological polar surface area (TPSA) is 62.7 Å². The van der Waals surface area contributed by atoms with Gasteiger partial charge < -0.3 is 5.73 Å². The molecule has 88 valence electrons. The van der Waals surface area contributed by atoms with Crippen molar-refractivity contribution in [2.75, 3.05) is 0 Å². The number of nitrogens with two attached hydrogens (primary N) is 1. The van der Waals surface area contributed by atoms with E-state index in [0.717, 1.165) is 17.7 Å². The molecule has 1 aliphatic rings. The predicted octanol–water partition coefficient (Wildman–Crippen LogP) is 2.43. The summed E-state index contributed by atoms with van der Waals surface area (Å²) in [5.41, 5.74) is 9.55. The number of pyridine rings is 1. The molecule has 1 aliphatic carbocycles. The van der Waals surface area contributed by atoms with Crippen LogP contribution in [0.25, 0.3) is 11.3 Å². The maximum Gasteiger partial charge on any atom is 0.0991 e. The summed E-state index contributed by atoms with van der Waals surface area (Å²) in [7, 11) is 0. The minimum absolute atomic E-state index is 0.305. The molecule has 3 nitrogen and oxygen atoms in total. The molecule has 0 radical (unpaired) electrons. The smallest absolute Gasteiger partial charge is 0.0991 e. The minimum atomic E-state index is 0.305. The number of hydrogen-bond donors (Lipinski definition) is 1. The van der Waals surface area contributed by atoms with Gasteiger partial charge in [-0.15, -0.1) is 0 Å². The molecule has 1 fully saturated rings. The van der Waals surface area contributed by atoms with Gasteiger partial charge in [-0.3, -0.25) is 4.98 Å². The van der Waals surface area contributed by atoms with E-state index in [4.69, 9.17) is 11.0 Å². The van der Waals surface area contributed by atoms with Crippen LogP contribution in [0.15, 0.2) is 42.6 Å². The van der Waals surface area contributed by atoms with E-state index in [1.54, 1.807) is 6.07 Å². The molecule has 0 aliphatic heterocycles. The summed E-state index contributed by atoms with van der Waals surface area (Å²) < 4.78 is 0. The first-order valence-electron chi connectivity index (χ1n) is 6.00. The van der Waals surface area contributed by atoms with E-state index in [1.165, 1.54) is 5.56 Å². The van der Waals surface area contributed by atoms with Crippen molar-refractivity contribution in [3.8, 4) is 17.3 Å². The van der Waals surface area contributed by atoms with Crippen LogP contribution < -0.4 is 5.73 Å². The highest BCUT2D eigenvalue weighted by Gasteiger charge is 2.34. The summed E-state index contributed by atoms with van der Waals surface area (Å²) in [6.45, 7) is 0. The van der Waals surface area contributed by atoms with Gasteiger partial charge in [0.15, 0.2) is 0 Å². The lowest BCUT2D eigenvalue weighted by atomic mass is 10.1. The second kappa shape index (κ2) is 4.25.